The van der Waals surface area contributed by atoms with Gasteiger partial charge in [0.25, 0.3) is 10.0 Å². The van der Waals surface area contributed by atoms with Crippen LogP contribution in [0.1, 0.15) is 63.8 Å². The number of nitrogens with zero attached hydrogens (tertiary/aromatic N) is 2. The zero-order chi connectivity index (χ0) is 18.2. The third kappa shape index (κ3) is 3.89. The minimum absolute atomic E-state index is 0.00603. The number of hydrogen-bond acceptors (Lipinski definition) is 3. The van der Waals surface area contributed by atoms with E-state index in [1.165, 1.54) is 12.8 Å². The van der Waals surface area contributed by atoms with Crippen molar-refractivity contribution in [2.24, 2.45) is 0 Å². The summed E-state index contributed by atoms with van der Waals surface area (Å²) in [5, 5.41) is 4.51. The van der Waals surface area contributed by atoms with Crippen LogP contribution in [0.25, 0.3) is 0 Å². The summed E-state index contributed by atoms with van der Waals surface area (Å²) in [5.74, 6) is 0.560. The molecule has 0 radical (unpaired) electrons. The molecule has 1 aromatic heterocycles. The number of sulfonamides is 1. The number of rotatable bonds is 4. The van der Waals surface area contributed by atoms with Crippen LogP contribution in [0.2, 0.25) is 0 Å². The highest BCUT2D eigenvalue weighted by molar-refractivity contribution is 7.92. The van der Waals surface area contributed by atoms with Crippen LogP contribution in [-0.2, 0) is 15.4 Å². The van der Waals surface area contributed by atoms with Gasteiger partial charge < -0.3 is 0 Å². The number of aryl methyl sites for hydroxylation is 1. The molecule has 0 amide bonds. The fraction of sp³-hybridized carbons (Fsp3) is 0.526. The second kappa shape index (κ2) is 6.48. The standard InChI is InChI=1S/C19H27N3O2S/c1-14-13-18(22(20-14)16-7-5-6-8-16)21-25(23,24)17-11-9-15(10-12-17)19(2,3)4/h9-13,16,21H,5-8H2,1-4H3. The van der Waals surface area contributed by atoms with Crippen molar-refractivity contribution in [1.82, 2.24) is 9.78 Å². The van der Waals surface area contributed by atoms with E-state index < -0.39 is 10.0 Å². The minimum Gasteiger partial charge on any atom is -0.264 e. The molecule has 1 aromatic carbocycles. The van der Waals surface area contributed by atoms with E-state index in [9.17, 15) is 8.42 Å². The van der Waals surface area contributed by atoms with Crippen molar-refractivity contribution in [3.05, 3.63) is 41.6 Å². The second-order valence-electron chi connectivity index (χ2n) is 7.93. The van der Waals surface area contributed by atoms with Crippen LogP contribution in [0.5, 0.6) is 0 Å². The highest BCUT2D eigenvalue weighted by Gasteiger charge is 2.24. The first-order chi connectivity index (χ1) is 11.7. The topological polar surface area (TPSA) is 64.0 Å². The Morgan fingerprint density at radius 1 is 1.12 bits per heavy atom. The molecule has 3 rings (SSSR count). The summed E-state index contributed by atoms with van der Waals surface area (Å²) in [6.45, 7) is 8.22. The molecule has 5 nitrogen and oxygen atoms in total. The molecule has 1 fully saturated rings. The van der Waals surface area contributed by atoms with E-state index in [4.69, 9.17) is 0 Å². The van der Waals surface area contributed by atoms with Gasteiger partial charge in [0, 0.05) is 6.07 Å². The van der Waals surface area contributed by atoms with Gasteiger partial charge in [-0.15, -0.1) is 0 Å². The summed E-state index contributed by atoms with van der Waals surface area (Å²) < 4.78 is 30.2. The average molecular weight is 362 g/mol. The lowest BCUT2D eigenvalue weighted by molar-refractivity contribution is 0.471. The number of hydrogen-bond donors (Lipinski definition) is 1. The van der Waals surface area contributed by atoms with E-state index in [2.05, 4.69) is 30.6 Å². The molecule has 2 aromatic rings. The first kappa shape index (κ1) is 18.0. The Balaban J connectivity index is 1.87. The Kier molecular flexibility index (Phi) is 4.66. The van der Waals surface area contributed by atoms with Gasteiger partial charge in [-0.05, 0) is 42.9 Å². The zero-order valence-electron chi connectivity index (χ0n) is 15.4. The number of benzene rings is 1. The van der Waals surface area contributed by atoms with Crippen molar-refractivity contribution in [3.63, 3.8) is 0 Å². The quantitative estimate of drug-likeness (QED) is 0.877. The van der Waals surface area contributed by atoms with E-state index in [1.807, 2.05) is 23.7 Å². The molecule has 0 bridgehead atoms. The summed E-state index contributed by atoms with van der Waals surface area (Å²) in [6.07, 6.45) is 4.44. The van der Waals surface area contributed by atoms with Crippen LogP contribution in [-0.4, -0.2) is 18.2 Å². The van der Waals surface area contributed by atoms with E-state index in [0.29, 0.717) is 5.82 Å². The number of anilines is 1. The zero-order valence-corrected chi connectivity index (χ0v) is 16.2. The van der Waals surface area contributed by atoms with Crippen LogP contribution < -0.4 is 4.72 Å². The molecule has 1 heterocycles. The molecule has 25 heavy (non-hydrogen) atoms. The molecule has 1 aliphatic rings. The van der Waals surface area contributed by atoms with Gasteiger partial charge in [-0.25, -0.2) is 13.1 Å². The lowest BCUT2D eigenvalue weighted by Gasteiger charge is -2.19. The molecule has 0 atom stereocenters. The van der Waals surface area contributed by atoms with Gasteiger partial charge in [0.05, 0.1) is 16.6 Å². The Morgan fingerprint density at radius 2 is 1.72 bits per heavy atom. The molecule has 6 heteroatoms. The van der Waals surface area contributed by atoms with Gasteiger partial charge in [-0.3, -0.25) is 4.72 Å². The van der Waals surface area contributed by atoms with Crippen LogP contribution >= 0.6 is 0 Å². The van der Waals surface area contributed by atoms with Crippen molar-refractivity contribution in [3.8, 4) is 0 Å². The molecule has 0 unspecified atom stereocenters. The predicted octanol–water partition coefficient (Wildman–Crippen LogP) is 4.40. The van der Waals surface area contributed by atoms with Crippen molar-refractivity contribution in [2.75, 3.05) is 4.72 Å². The van der Waals surface area contributed by atoms with Crippen molar-refractivity contribution in [1.29, 1.82) is 0 Å². The monoisotopic (exact) mass is 361 g/mol. The Morgan fingerprint density at radius 3 is 2.28 bits per heavy atom. The predicted molar refractivity (Wildman–Crippen MR) is 100 cm³/mol. The second-order valence-corrected chi connectivity index (χ2v) is 9.62. The molecule has 0 spiro atoms. The average Bonchev–Trinajstić information content (AvgIpc) is 3.15. The highest BCUT2D eigenvalue weighted by atomic mass is 32.2. The smallest absolute Gasteiger partial charge is 0.263 e. The normalized spacial score (nSPS) is 16.3. The van der Waals surface area contributed by atoms with Crippen LogP contribution in [0.15, 0.2) is 35.2 Å². The SMILES string of the molecule is Cc1cc(NS(=O)(=O)c2ccc(C(C)(C)C)cc2)n(C2CCCC2)n1. The lowest BCUT2D eigenvalue weighted by atomic mass is 9.87. The number of nitrogens with one attached hydrogen (secondary N) is 1. The van der Waals surface area contributed by atoms with Crippen molar-refractivity contribution >= 4 is 15.8 Å². The van der Waals surface area contributed by atoms with Gasteiger partial charge >= 0.3 is 0 Å². The third-order valence-electron chi connectivity index (χ3n) is 4.80. The summed E-state index contributed by atoms with van der Waals surface area (Å²) in [6, 6.07) is 9.20. The van der Waals surface area contributed by atoms with Gasteiger partial charge in [0.1, 0.15) is 5.82 Å². The molecule has 0 aliphatic heterocycles. The maximum absolute atomic E-state index is 12.8. The minimum atomic E-state index is -3.63. The Bertz CT molecular complexity index is 840. The fourth-order valence-corrected chi connectivity index (χ4v) is 4.39. The van der Waals surface area contributed by atoms with Crippen molar-refractivity contribution < 1.29 is 8.42 Å². The first-order valence-corrected chi connectivity index (χ1v) is 10.3. The van der Waals surface area contributed by atoms with E-state index in [-0.39, 0.29) is 16.4 Å². The molecular formula is C19H27N3O2S. The van der Waals surface area contributed by atoms with Crippen LogP contribution in [0.3, 0.4) is 0 Å². The van der Waals surface area contributed by atoms with Crippen molar-refractivity contribution in [2.45, 2.75) is 69.7 Å². The maximum atomic E-state index is 12.8. The summed E-state index contributed by atoms with van der Waals surface area (Å²) in [5.41, 5.74) is 1.93. The van der Waals surface area contributed by atoms with Gasteiger partial charge in [0.2, 0.25) is 0 Å². The van der Waals surface area contributed by atoms with E-state index in [1.54, 1.807) is 18.2 Å². The third-order valence-corrected chi connectivity index (χ3v) is 6.17. The van der Waals surface area contributed by atoms with E-state index in [0.717, 1.165) is 24.1 Å². The van der Waals surface area contributed by atoms with Crippen LogP contribution in [0.4, 0.5) is 5.82 Å². The van der Waals surface area contributed by atoms with Gasteiger partial charge in [0.15, 0.2) is 0 Å². The summed E-state index contributed by atoms with van der Waals surface area (Å²) in [7, 11) is -3.63. The van der Waals surface area contributed by atoms with E-state index >= 15 is 0 Å². The highest BCUT2D eigenvalue weighted by Crippen LogP contribution is 2.32. The molecule has 0 saturated heterocycles. The molecular weight excluding hydrogens is 334 g/mol. The van der Waals surface area contributed by atoms with Crippen LogP contribution in [0, 0.1) is 6.92 Å². The largest absolute Gasteiger partial charge is 0.264 e. The lowest BCUT2D eigenvalue weighted by Crippen LogP contribution is -2.18. The Labute approximate surface area is 150 Å². The molecule has 1 N–H and O–H groups in total. The fourth-order valence-electron chi connectivity index (χ4n) is 3.35. The summed E-state index contributed by atoms with van der Waals surface area (Å²) >= 11 is 0. The maximum Gasteiger partial charge on any atom is 0.263 e. The molecule has 1 aliphatic carbocycles. The number of aromatic nitrogens is 2. The first-order valence-electron chi connectivity index (χ1n) is 8.86. The summed E-state index contributed by atoms with van der Waals surface area (Å²) in [4.78, 5) is 0.275. The Hall–Kier alpha value is -1.82. The molecule has 136 valence electrons. The van der Waals surface area contributed by atoms with Gasteiger partial charge in [-0.2, -0.15) is 5.10 Å². The van der Waals surface area contributed by atoms with Gasteiger partial charge in [-0.1, -0.05) is 45.7 Å². The molecule has 1 saturated carbocycles.